The second-order valence-corrected chi connectivity index (χ2v) is 5.75. The van der Waals surface area contributed by atoms with Crippen LogP contribution in [-0.2, 0) is 6.54 Å². The predicted octanol–water partition coefficient (Wildman–Crippen LogP) is 4.91. The zero-order valence-corrected chi connectivity index (χ0v) is 12.3. The predicted molar refractivity (Wildman–Crippen MR) is 76.8 cm³/mol. The van der Waals surface area contributed by atoms with Crippen LogP contribution in [0.4, 0.5) is 0 Å². The SMILES string of the molecule is CC(C)CCC(C)NCc1cccc(Cl)c1Cl. The average molecular weight is 274 g/mol. The zero-order valence-electron chi connectivity index (χ0n) is 10.8. The standard InChI is InChI=1S/C14H21Cl2N/c1-10(2)7-8-11(3)17-9-12-5-4-6-13(15)14(12)16/h4-6,10-11,17H,7-9H2,1-3H3. The molecule has 96 valence electrons. The van der Waals surface area contributed by atoms with E-state index in [4.69, 9.17) is 23.2 Å². The van der Waals surface area contributed by atoms with Gasteiger partial charge < -0.3 is 5.32 Å². The Labute approximate surface area is 115 Å². The maximum Gasteiger partial charge on any atom is 0.0637 e. The molecule has 0 aliphatic heterocycles. The molecule has 0 bridgehead atoms. The highest BCUT2D eigenvalue weighted by atomic mass is 35.5. The van der Waals surface area contributed by atoms with Crippen molar-refractivity contribution in [2.75, 3.05) is 0 Å². The second kappa shape index (κ2) is 7.25. The molecule has 0 heterocycles. The highest BCUT2D eigenvalue weighted by molar-refractivity contribution is 6.42. The summed E-state index contributed by atoms with van der Waals surface area (Å²) >= 11 is 12.1. The van der Waals surface area contributed by atoms with Gasteiger partial charge in [-0.25, -0.2) is 0 Å². The molecule has 0 amide bonds. The summed E-state index contributed by atoms with van der Waals surface area (Å²) in [4.78, 5) is 0. The summed E-state index contributed by atoms with van der Waals surface area (Å²) in [5.41, 5.74) is 1.07. The van der Waals surface area contributed by atoms with E-state index in [0.717, 1.165) is 18.0 Å². The van der Waals surface area contributed by atoms with E-state index < -0.39 is 0 Å². The maximum absolute atomic E-state index is 6.13. The van der Waals surface area contributed by atoms with E-state index in [1.807, 2.05) is 18.2 Å². The van der Waals surface area contributed by atoms with Crippen molar-refractivity contribution >= 4 is 23.2 Å². The number of benzene rings is 1. The quantitative estimate of drug-likeness (QED) is 0.777. The van der Waals surface area contributed by atoms with Gasteiger partial charge in [-0.15, -0.1) is 0 Å². The minimum Gasteiger partial charge on any atom is -0.310 e. The minimum absolute atomic E-state index is 0.507. The molecule has 0 fully saturated rings. The molecule has 1 aromatic rings. The Kier molecular flexibility index (Phi) is 6.32. The van der Waals surface area contributed by atoms with Crippen molar-refractivity contribution in [2.24, 2.45) is 5.92 Å². The molecule has 1 unspecified atom stereocenters. The summed E-state index contributed by atoms with van der Waals surface area (Å²) in [5.74, 6) is 0.758. The molecule has 0 saturated carbocycles. The lowest BCUT2D eigenvalue weighted by molar-refractivity contribution is 0.451. The van der Waals surface area contributed by atoms with Crippen LogP contribution in [0.15, 0.2) is 18.2 Å². The van der Waals surface area contributed by atoms with Crippen molar-refractivity contribution in [3.8, 4) is 0 Å². The van der Waals surface area contributed by atoms with Crippen LogP contribution in [0.5, 0.6) is 0 Å². The van der Waals surface area contributed by atoms with Gasteiger partial charge in [0.15, 0.2) is 0 Å². The minimum atomic E-state index is 0.507. The molecule has 1 nitrogen and oxygen atoms in total. The fraction of sp³-hybridized carbons (Fsp3) is 0.571. The van der Waals surface area contributed by atoms with Gasteiger partial charge >= 0.3 is 0 Å². The van der Waals surface area contributed by atoms with E-state index in [9.17, 15) is 0 Å². The number of hydrogen-bond acceptors (Lipinski definition) is 1. The lowest BCUT2D eigenvalue weighted by atomic mass is 10.0. The molecule has 1 atom stereocenters. The lowest BCUT2D eigenvalue weighted by Crippen LogP contribution is -2.25. The van der Waals surface area contributed by atoms with Gasteiger partial charge in [0.1, 0.15) is 0 Å². The number of rotatable bonds is 6. The van der Waals surface area contributed by atoms with Gasteiger partial charge in [0.25, 0.3) is 0 Å². The summed E-state index contributed by atoms with van der Waals surface area (Å²) in [6.45, 7) is 7.49. The van der Waals surface area contributed by atoms with Crippen LogP contribution < -0.4 is 5.32 Å². The first-order valence-electron chi connectivity index (χ1n) is 6.17. The highest BCUT2D eigenvalue weighted by Gasteiger charge is 2.07. The van der Waals surface area contributed by atoms with E-state index in [-0.39, 0.29) is 0 Å². The van der Waals surface area contributed by atoms with Crippen LogP contribution in [0.1, 0.15) is 39.2 Å². The zero-order chi connectivity index (χ0) is 12.8. The summed E-state index contributed by atoms with van der Waals surface area (Å²) in [6.07, 6.45) is 2.44. The highest BCUT2D eigenvalue weighted by Crippen LogP contribution is 2.25. The van der Waals surface area contributed by atoms with Crippen molar-refractivity contribution in [2.45, 2.75) is 46.2 Å². The number of nitrogens with one attached hydrogen (secondary N) is 1. The largest absolute Gasteiger partial charge is 0.310 e. The summed E-state index contributed by atoms with van der Waals surface area (Å²) in [5, 5.41) is 4.77. The number of hydrogen-bond donors (Lipinski definition) is 1. The van der Waals surface area contributed by atoms with Crippen LogP contribution in [0, 0.1) is 5.92 Å². The average Bonchev–Trinajstić information content (AvgIpc) is 2.28. The molecular weight excluding hydrogens is 253 g/mol. The molecule has 1 rings (SSSR count). The molecule has 0 saturated heterocycles. The normalized spacial score (nSPS) is 13.1. The fourth-order valence-corrected chi connectivity index (χ4v) is 2.04. The van der Waals surface area contributed by atoms with E-state index >= 15 is 0 Å². The fourth-order valence-electron chi connectivity index (χ4n) is 1.65. The summed E-state index contributed by atoms with van der Waals surface area (Å²) in [6, 6.07) is 6.27. The van der Waals surface area contributed by atoms with Crippen LogP contribution in [-0.4, -0.2) is 6.04 Å². The van der Waals surface area contributed by atoms with Gasteiger partial charge in [0.05, 0.1) is 10.0 Å². The Morgan fingerprint density at radius 2 is 1.82 bits per heavy atom. The van der Waals surface area contributed by atoms with E-state index in [1.54, 1.807) is 0 Å². The van der Waals surface area contributed by atoms with Gasteiger partial charge in [0, 0.05) is 12.6 Å². The Hall–Kier alpha value is -0.240. The van der Waals surface area contributed by atoms with Crippen molar-refractivity contribution in [1.82, 2.24) is 5.32 Å². The molecule has 0 radical (unpaired) electrons. The molecule has 0 aromatic heterocycles. The van der Waals surface area contributed by atoms with E-state index in [0.29, 0.717) is 16.1 Å². The smallest absolute Gasteiger partial charge is 0.0637 e. The Morgan fingerprint density at radius 1 is 1.12 bits per heavy atom. The monoisotopic (exact) mass is 273 g/mol. The number of halogens is 2. The Morgan fingerprint density at radius 3 is 2.47 bits per heavy atom. The van der Waals surface area contributed by atoms with Crippen LogP contribution in [0.3, 0.4) is 0 Å². The third kappa shape index (κ3) is 5.29. The second-order valence-electron chi connectivity index (χ2n) is 4.97. The molecule has 0 spiro atoms. The Bertz CT molecular complexity index is 350. The third-order valence-electron chi connectivity index (χ3n) is 2.85. The molecule has 0 aliphatic rings. The summed E-state index contributed by atoms with van der Waals surface area (Å²) < 4.78 is 0. The molecule has 1 N–H and O–H groups in total. The maximum atomic E-state index is 6.13. The van der Waals surface area contributed by atoms with Crippen LogP contribution >= 0.6 is 23.2 Å². The van der Waals surface area contributed by atoms with Crippen molar-refractivity contribution in [3.05, 3.63) is 33.8 Å². The van der Waals surface area contributed by atoms with Gasteiger partial charge in [-0.05, 0) is 37.3 Å². The van der Waals surface area contributed by atoms with Crippen molar-refractivity contribution in [1.29, 1.82) is 0 Å². The van der Waals surface area contributed by atoms with Gasteiger partial charge in [-0.3, -0.25) is 0 Å². The summed E-state index contributed by atoms with van der Waals surface area (Å²) in [7, 11) is 0. The molecule has 1 aromatic carbocycles. The first kappa shape index (κ1) is 14.8. The molecule has 3 heteroatoms. The van der Waals surface area contributed by atoms with Gasteiger partial charge in [-0.2, -0.15) is 0 Å². The van der Waals surface area contributed by atoms with E-state index in [2.05, 4.69) is 26.1 Å². The lowest BCUT2D eigenvalue weighted by Gasteiger charge is -2.15. The van der Waals surface area contributed by atoms with Gasteiger partial charge in [-0.1, -0.05) is 49.2 Å². The van der Waals surface area contributed by atoms with Crippen LogP contribution in [0.25, 0.3) is 0 Å². The van der Waals surface area contributed by atoms with E-state index in [1.165, 1.54) is 12.8 Å². The van der Waals surface area contributed by atoms with Gasteiger partial charge in [0.2, 0.25) is 0 Å². The first-order valence-corrected chi connectivity index (χ1v) is 6.92. The van der Waals surface area contributed by atoms with Crippen LogP contribution in [0.2, 0.25) is 10.0 Å². The first-order chi connectivity index (χ1) is 8.00. The Balaban J connectivity index is 2.42. The van der Waals surface area contributed by atoms with Crippen molar-refractivity contribution < 1.29 is 0 Å². The molecular formula is C14H21Cl2N. The molecule has 0 aliphatic carbocycles. The van der Waals surface area contributed by atoms with Crippen molar-refractivity contribution in [3.63, 3.8) is 0 Å². The third-order valence-corrected chi connectivity index (χ3v) is 3.71. The molecule has 17 heavy (non-hydrogen) atoms. The topological polar surface area (TPSA) is 12.0 Å².